The maximum absolute atomic E-state index is 5.96. The Hall–Kier alpha value is -3.69. The highest BCUT2D eigenvalue weighted by Crippen LogP contribution is 2.29. The number of rotatable bonds is 4. The van der Waals surface area contributed by atoms with Gasteiger partial charge in [0.15, 0.2) is 5.58 Å². The maximum atomic E-state index is 5.96. The average Bonchev–Trinajstić information content (AvgIpc) is 3.21. The molecule has 5 aromatic rings. The molecular formula is C26H17ClN2O. The van der Waals surface area contributed by atoms with E-state index in [4.69, 9.17) is 16.0 Å². The molecule has 0 saturated carbocycles. The van der Waals surface area contributed by atoms with E-state index < -0.39 is 0 Å². The van der Waals surface area contributed by atoms with Crippen LogP contribution in [0.1, 0.15) is 5.56 Å². The van der Waals surface area contributed by atoms with E-state index in [1.54, 1.807) is 6.21 Å². The van der Waals surface area contributed by atoms with Gasteiger partial charge in [-0.3, -0.25) is 4.99 Å². The van der Waals surface area contributed by atoms with Gasteiger partial charge in [0.25, 0.3) is 0 Å². The zero-order valence-corrected chi connectivity index (χ0v) is 16.8. The molecule has 0 bridgehead atoms. The van der Waals surface area contributed by atoms with Crippen molar-refractivity contribution in [1.29, 1.82) is 0 Å². The summed E-state index contributed by atoms with van der Waals surface area (Å²) in [6.45, 7) is 0. The molecule has 0 aliphatic rings. The Morgan fingerprint density at radius 1 is 0.833 bits per heavy atom. The smallest absolute Gasteiger partial charge is 0.227 e. The zero-order chi connectivity index (χ0) is 20.3. The SMILES string of the molecule is Clc1ccc(/C=C/C=Nc2ccc3oc(-c4ccc5ccccc5c4)nc3c2)cc1. The van der Waals surface area contributed by atoms with Crippen LogP contribution in [0.4, 0.5) is 5.69 Å². The first kappa shape index (κ1) is 18.3. The lowest BCUT2D eigenvalue weighted by atomic mass is 10.1. The van der Waals surface area contributed by atoms with Crippen molar-refractivity contribution in [1.82, 2.24) is 4.98 Å². The standard InChI is InChI=1S/C26H17ClN2O/c27-22-11-7-18(8-12-22)4-3-15-28-23-13-14-25-24(17-23)29-26(30-25)21-10-9-19-5-1-2-6-20(19)16-21/h1-17H/b4-3+,28-15?. The summed E-state index contributed by atoms with van der Waals surface area (Å²) >= 11 is 5.90. The van der Waals surface area contributed by atoms with Crippen LogP contribution in [0.3, 0.4) is 0 Å². The third-order valence-corrected chi connectivity index (χ3v) is 5.09. The van der Waals surface area contributed by atoms with Gasteiger partial charge in [-0.2, -0.15) is 0 Å². The van der Waals surface area contributed by atoms with Crippen LogP contribution in [0.2, 0.25) is 5.02 Å². The summed E-state index contributed by atoms with van der Waals surface area (Å²) in [6, 6.07) is 27.9. The second kappa shape index (κ2) is 7.97. The lowest BCUT2D eigenvalue weighted by Crippen LogP contribution is -1.78. The van der Waals surface area contributed by atoms with E-state index in [1.165, 1.54) is 5.39 Å². The summed E-state index contributed by atoms with van der Waals surface area (Å²) in [6.07, 6.45) is 5.64. The monoisotopic (exact) mass is 408 g/mol. The molecule has 0 aliphatic carbocycles. The molecule has 0 fully saturated rings. The highest BCUT2D eigenvalue weighted by atomic mass is 35.5. The average molecular weight is 409 g/mol. The van der Waals surface area contributed by atoms with Crippen LogP contribution in [0, 0.1) is 0 Å². The molecule has 0 unspecified atom stereocenters. The fourth-order valence-corrected chi connectivity index (χ4v) is 3.43. The molecule has 0 radical (unpaired) electrons. The second-order valence-corrected chi connectivity index (χ2v) is 7.36. The number of halogens is 1. The molecule has 3 nitrogen and oxygen atoms in total. The zero-order valence-electron chi connectivity index (χ0n) is 16.0. The molecule has 0 aliphatic heterocycles. The lowest BCUT2D eigenvalue weighted by molar-refractivity contribution is 0.620. The van der Waals surface area contributed by atoms with Crippen molar-refractivity contribution in [3.8, 4) is 11.5 Å². The van der Waals surface area contributed by atoms with Gasteiger partial charge < -0.3 is 4.42 Å². The molecule has 0 spiro atoms. The van der Waals surface area contributed by atoms with Crippen molar-refractivity contribution < 1.29 is 4.42 Å². The summed E-state index contributed by atoms with van der Waals surface area (Å²) in [5.41, 5.74) is 4.38. The Labute approximate surface area is 179 Å². The first-order valence-corrected chi connectivity index (χ1v) is 9.98. The summed E-state index contributed by atoms with van der Waals surface area (Å²) < 4.78 is 5.96. The Balaban J connectivity index is 1.38. The quantitative estimate of drug-likeness (QED) is 0.285. The number of nitrogens with zero attached hydrogens (tertiary/aromatic N) is 2. The van der Waals surface area contributed by atoms with Crippen LogP contribution in [0.25, 0.3) is 39.4 Å². The summed E-state index contributed by atoms with van der Waals surface area (Å²) in [5.74, 6) is 0.611. The van der Waals surface area contributed by atoms with Gasteiger partial charge in [0.2, 0.25) is 5.89 Å². The molecule has 0 N–H and O–H groups in total. The van der Waals surface area contributed by atoms with Crippen LogP contribution in [0.15, 0.2) is 100 Å². The number of aromatic nitrogens is 1. The lowest BCUT2D eigenvalue weighted by Gasteiger charge is -1.99. The van der Waals surface area contributed by atoms with Gasteiger partial charge in [-0.25, -0.2) is 4.98 Å². The van der Waals surface area contributed by atoms with E-state index in [-0.39, 0.29) is 0 Å². The van der Waals surface area contributed by atoms with Gasteiger partial charge in [-0.15, -0.1) is 0 Å². The number of benzene rings is 4. The van der Waals surface area contributed by atoms with Crippen LogP contribution >= 0.6 is 11.6 Å². The van der Waals surface area contributed by atoms with Gasteiger partial charge in [0, 0.05) is 16.8 Å². The number of hydrogen-bond acceptors (Lipinski definition) is 3. The minimum absolute atomic E-state index is 0.611. The highest BCUT2D eigenvalue weighted by molar-refractivity contribution is 6.30. The van der Waals surface area contributed by atoms with Crippen LogP contribution in [-0.2, 0) is 0 Å². The minimum atomic E-state index is 0.611. The largest absolute Gasteiger partial charge is 0.436 e. The van der Waals surface area contributed by atoms with Gasteiger partial charge in [0.05, 0.1) is 5.69 Å². The molecule has 5 rings (SSSR count). The van der Waals surface area contributed by atoms with Crippen LogP contribution in [0.5, 0.6) is 0 Å². The van der Waals surface area contributed by atoms with Crippen molar-refractivity contribution in [2.45, 2.75) is 0 Å². The molecule has 0 amide bonds. The summed E-state index contributed by atoms with van der Waals surface area (Å²) in [7, 11) is 0. The maximum Gasteiger partial charge on any atom is 0.227 e. The van der Waals surface area contributed by atoms with Crippen LogP contribution in [-0.4, -0.2) is 11.2 Å². The van der Waals surface area contributed by atoms with Crippen LogP contribution < -0.4 is 0 Å². The van der Waals surface area contributed by atoms with Gasteiger partial charge >= 0.3 is 0 Å². The van der Waals surface area contributed by atoms with Gasteiger partial charge in [-0.1, -0.05) is 60.1 Å². The van der Waals surface area contributed by atoms with E-state index in [1.807, 2.05) is 72.8 Å². The fraction of sp³-hybridized carbons (Fsp3) is 0. The van der Waals surface area contributed by atoms with Crippen molar-refractivity contribution in [3.05, 3.63) is 102 Å². The van der Waals surface area contributed by atoms with E-state index in [9.17, 15) is 0 Å². The number of oxazole rings is 1. The number of allylic oxidation sites excluding steroid dienone is 1. The predicted octanol–water partition coefficient (Wildman–Crippen LogP) is 7.72. The third-order valence-electron chi connectivity index (χ3n) is 4.84. The molecule has 4 heteroatoms. The second-order valence-electron chi connectivity index (χ2n) is 6.92. The minimum Gasteiger partial charge on any atom is -0.436 e. The first-order chi connectivity index (χ1) is 14.7. The third kappa shape index (κ3) is 3.88. The molecule has 0 atom stereocenters. The Morgan fingerprint density at radius 3 is 2.53 bits per heavy atom. The van der Waals surface area contributed by atoms with E-state index in [2.05, 4.69) is 34.2 Å². The van der Waals surface area contributed by atoms with Gasteiger partial charge in [-0.05, 0) is 64.9 Å². The van der Waals surface area contributed by atoms with Crippen molar-refractivity contribution >= 4 is 51.5 Å². The fourth-order valence-electron chi connectivity index (χ4n) is 3.30. The van der Waals surface area contributed by atoms with Crippen molar-refractivity contribution in [3.63, 3.8) is 0 Å². The molecule has 1 aromatic heterocycles. The first-order valence-electron chi connectivity index (χ1n) is 9.61. The number of hydrogen-bond donors (Lipinski definition) is 0. The molecule has 1 heterocycles. The highest BCUT2D eigenvalue weighted by Gasteiger charge is 2.09. The van der Waals surface area contributed by atoms with E-state index in [0.717, 1.165) is 38.3 Å². The summed E-state index contributed by atoms with van der Waals surface area (Å²) in [5, 5.41) is 3.08. The van der Waals surface area contributed by atoms with Crippen molar-refractivity contribution in [2.75, 3.05) is 0 Å². The Bertz CT molecular complexity index is 1400. The number of aliphatic imine (C=N–C) groups is 1. The topological polar surface area (TPSA) is 38.4 Å². The predicted molar refractivity (Wildman–Crippen MR) is 126 cm³/mol. The molecule has 0 saturated heterocycles. The van der Waals surface area contributed by atoms with E-state index in [0.29, 0.717) is 5.89 Å². The number of fused-ring (bicyclic) bond motifs is 2. The molecular weight excluding hydrogens is 392 g/mol. The van der Waals surface area contributed by atoms with Gasteiger partial charge in [0.1, 0.15) is 5.52 Å². The Kier molecular flexibility index (Phi) is 4.88. The Morgan fingerprint density at radius 2 is 1.67 bits per heavy atom. The molecule has 30 heavy (non-hydrogen) atoms. The van der Waals surface area contributed by atoms with Crippen molar-refractivity contribution in [2.24, 2.45) is 4.99 Å². The normalized spacial score (nSPS) is 11.9. The van der Waals surface area contributed by atoms with E-state index >= 15 is 0 Å². The molecule has 4 aromatic carbocycles. The summed E-state index contributed by atoms with van der Waals surface area (Å²) in [4.78, 5) is 9.16. The molecule has 144 valence electrons.